The van der Waals surface area contributed by atoms with Crippen molar-refractivity contribution in [1.82, 2.24) is 4.90 Å². The molecule has 1 aliphatic heterocycles. The summed E-state index contributed by atoms with van der Waals surface area (Å²) in [6, 6.07) is 6.20. The number of nitro groups is 1. The van der Waals surface area contributed by atoms with Gasteiger partial charge in [-0.1, -0.05) is 24.3 Å². The number of nitrogens with zero attached hydrogens (tertiary/aromatic N) is 2. The monoisotopic (exact) mass is 258 g/mol. The van der Waals surface area contributed by atoms with Crippen LogP contribution in [0.15, 0.2) is 42.5 Å². The highest BCUT2D eigenvalue weighted by Crippen LogP contribution is 2.14. The molecule has 2 rings (SSSR count). The Labute approximate surface area is 111 Å². The van der Waals surface area contributed by atoms with E-state index in [0.717, 1.165) is 6.42 Å². The minimum Gasteiger partial charge on any atom is -0.335 e. The van der Waals surface area contributed by atoms with Gasteiger partial charge in [0, 0.05) is 31.3 Å². The second kappa shape index (κ2) is 5.95. The van der Waals surface area contributed by atoms with Crippen LogP contribution >= 0.6 is 0 Å². The second-order valence-electron chi connectivity index (χ2n) is 4.23. The average Bonchev–Trinajstić information content (AvgIpc) is 2.46. The lowest BCUT2D eigenvalue weighted by Crippen LogP contribution is -2.32. The van der Waals surface area contributed by atoms with Crippen LogP contribution in [0.25, 0.3) is 6.08 Å². The molecule has 5 nitrogen and oxygen atoms in total. The van der Waals surface area contributed by atoms with E-state index in [0.29, 0.717) is 18.7 Å². The van der Waals surface area contributed by atoms with Gasteiger partial charge in [-0.2, -0.15) is 0 Å². The molecule has 98 valence electrons. The zero-order chi connectivity index (χ0) is 13.7. The summed E-state index contributed by atoms with van der Waals surface area (Å²) in [7, 11) is 0. The number of non-ortho nitro benzene ring substituents is 1. The predicted molar refractivity (Wildman–Crippen MR) is 72.5 cm³/mol. The Hall–Kier alpha value is -2.43. The van der Waals surface area contributed by atoms with E-state index in [1.54, 1.807) is 23.1 Å². The van der Waals surface area contributed by atoms with Gasteiger partial charge in [-0.05, 0) is 18.1 Å². The van der Waals surface area contributed by atoms with Crippen LogP contribution in [0.1, 0.15) is 12.0 Å². The second-order valence-corrected chi connectivity index (χ2v) is 4.23. The Morgan fingerprint density at radius 1 is 1.37 bits per heavy atom. The van der Waals surface area contributed by atoms with Crippen molar-refractivity contribution in [1.29, 1.82) is 0 Å². The topological polar surface area (TPSA) is 63.4 Å². The largest absolute Gasteiger partial charge is 0.335 e. The fourth-order valence-electron chi connectivity index (χ4n) is 1.86. The first-order valence-electron chi connectivity index (χ1n) is 6.03. The first-order valence-corrected chi connectivity index (χ1v) is 6.03. The van der Waals surface area contributed by atoms with E-state index >= 15 is 0 Å². The Bertz CT molecular complexity index is 549. The van der Waals surface area contributed by atoms with Gasteiger partial charge in [0.25, 0.3) is 5.69 Å². The molecule has 0 saturated heterocycles. The third-order valence-corrected chi connectivity index (χ3v) is 2.87. The number of carbonyl (C=O) groups excluding carboxylic acids is 1. The van der Waals surface area contributed by atoms with Crippen LogP contribution in [0.5, 0.6) is 0 Å². The maximum absolute atomic E-state index is 11.9. The molecule has 0 radical (unpaired) electrons. The SMILES string of the molecule is O=C(C=Cc1cccc([N+](=O)[O-])c1)N1CC=CCC1. The van der Waals surface area contributed by atoms with E-state index in [1.807, 2.05) is 12.2 Å². The van der Waals surface area contributed by atoms with Crippen LogP contribution in [-0.2, 0) is 4.79 Å². The van der Waals surface area contributed by atoms with Crippen LogP contribution in [0, 0.1) is 10.1 Å². The lowest BCUT2D eigenvalue weighted by atomic mass is 10.2. The molecular weight excluding hydrogens is 244 g/mol. The fourth-order valence-corrected chi connectivity index (χ4v) is 1.86. The Kier molecular flexibility index (Phi) is 4.07. The molecule has 0 unspecified atom stereocenters. The molecule has 1 amide bonds. The van der Waals surface area contributed by atoms with Crippen molar-refractivity contribution in [2.24, 2.45) is 0 Å². The van der Waals surface area contributed by atoms with E-state index in [4.69, 9.17) is 0 Å². The standard InChI is InChI=1S/C14H14N2O3/c17-14(15-9-2-1-3-10-15)8-7-12-5-4-6-13(11-12)16(18)19/h1-2,4-8,11H,3,9-10H2. The maximum atomic E-state index is 11.9. The molecule has 0 fully saturated rings. The molecule has 0 bridgehead atoms. The molecule has 1 aliphatic rings. The van der Waals surface area contributed by atoms with Crippen LogP contribution in [0.4, 0.5) is 5.69 Å². The number of hydrogen-bond donors (Lipinski definition) is 0. The number of nitro benzene ring substituents is 1. The average molecular weight is 258 g/mol. The molecule has 0 saturated carbocycles. The summed E-state index contributed by atoms with van der Waals surface area (Å²) in [4.78, 5) is 23.8. The minimum atomic E-state index is -0.450. The summed E-state index contributed by atoms with van der Waals surface area (Å²) in [5, 5.41) is 10.6. The highest BCUT2D eigenvalue weighted by atomic mass is 16.6. The van der Waals surface area contributed by atoms with Crippen LogP contribution < -0.4 is 0 Å². The van der Waals surface area contributed by atoms with Gasteiger partial charge in [-0.15, -0.1) is 0 Å². The Balaban J connectivity index is 2.05. The number of benzene rings is 1. The molecule has 1 heterocycles. The summed E-state index contributed by atoms with van der Waals surface area (Å²) >= 11 is 0. The minimum absolute atomic E-state index is 0.0236. The summed E-state index contributed by atoms with van der Waals surface area (Å²) < 4.78 is 0. The molecule has 19 heavy (non-hydrogen) atoms. The smallest absolute Gasteiger partial charge is 0.270 e. The summed E-state index contributed by atoms with van der Waals surface area (Å²) in [6.07, 6.45) is 7.94. The molecule has 5 heteroatoms. The summed E-state index contributed by atoms with van der Waals surface area (Å²) in [5.74, 6) is -0.0733. The highest BCUT2D eigenvalue weighted by Gasteiger charge is 2.10. The van der Waals surface area contributed by atoms with Crippen molar-refractivity contribution in [3.8, 4) is 0 Å². The quantitative estimate of drug-likeness (QED) is 0.362. The van der Waals surface area contributed by atoms with E-state index in [1.165, 1.54) is 18.2 Å². The van der Waals surface area contributed by atoms with Gasteiger partial charge in [-0.25, -0.2) is 0 Å². The van der Waals surface area contributed by atoms with Gasteiger partial charge >= 0.3 is 0 Å². The van der Waals surface area contributed by atoms with Gasteiger partial charge in [0.05, 0.1) is 4.92 Å². The Morgan fingerprint density at radius 2 is 2.21 bits per heavy atom. The van der Waals surface area contributed by atoms with Crippen LogP contribution in [0.2, 0.25) is 0 Å². The van der Waals surface area contributed by atoms with E-state index in [-0.39, 0.29) is 11.6 Å². The van der Waals surface area contributed by atoms with Crippen molar-refractivity contribution in [2.45, 2.75) is 6.42 Å². The van der Waals surface area contributed by atoms with E-state index in [9.17, 15) is 14.9 Å². The maximum Gasteiger partial charge on any atom is 0.270 e. The number of hydrogen-bond acceptors (Lipinski definition) is 3. The van der Waals surface area contributed by atoms with Crippen LogP contribution in [-0.4, -0.2) is 28.8 Å². The van der Waals surface area contributed by atoms with Crippen molar-refractivity contribution < 1.29 is 9.72 Å². The van der Waals surface area contributed by atoms with E-state index < -0.39 is 4.92 Å². The van der Waals surface area contributed by atoms with Crippen molar-refractivity contribution in [3.05, 3.63) is 58.2 Å². The molecule has 1 aromatic rings. The Morgan fingerprint density at radius 3 is 2.89 bits per heavy atom. The normalized spacial score (nSPS) is 14.8. The molecule has 0 spiro atoms. The third kappa shape index (κ3) is 3.51. The molecule has 1 aromatic carbocycles. The molecule has 0 atom stereocenters. The zero-order valence-corrected chi connectivity index (χ0v) is 10.4. The van der Waals surface area contributed by atoms with Gasteiger partial charge in [-0.3, -0.25) is 14.9 Å². The number of rotatable bonds is 3. The molecule has 0 N–H and O–H groups in total. The lowest BCUT2D eigenvalue weighted by Gasteiger charge is -2.21. The first kappa shape index (κ1) is 13.0. The van der Waals surface area contributed by atoms with Gasteiger partial charge in [0.15, 0.2) is 0 Å². The van der Waals surface area contributed by atoms with Crippen LogP contribution in [0.3, 0.4) is 0 Å². The number of carbonyl (C=O) groups is 1. The molecule has 0 aliphatic carbocycles. The predicted octanol–water partition coefficient (Wildman–Crippen LogP) is 2.40. The lowest BCUT2D eigenvalue weighted by molar-refractivity contribution is -0.384. The summed E-state index contributed by atoms with van der Waals surface area (Å²) in [5.41, 5.74) is 0.672. The van der Waals surface area contributed by atoms with Crippen molar-refractivity contribution >= 4 is 17.7 Å². The van der Waals surface area contributed by atoms with E-state index in [2.05, 4.69) is 0 Å². The van der Waals surface area contributed by atoms with Crippen molar-refractivity contribution in [3.63, 3.8) is 0 Å². The van der Waals surface area contributed by atoms with Gasteiger partial charge in [0.2, 0.25) is 5.91 Å². The highest BCUT2D eigenvalue weighted by molar-refractivity contribution is 5.92. The zero-order valence-electron chi connectivity index (χ0n) is 10.4. The third-order valence-electron chi connectivity index (χ3n) is 2.87. The van der Waals surface area contributed by atoms with Gasteiger partial charge in [0.1, 0.15) is 0 Å². The fraction of sp³-hybridized carbons (Fsp3) is 0.214. The van der Waals surface area contributed by atoms with Gasteiger partial charge < -0.3 is 4.90 Å². The van der Waals surface area contributed by atoms with Crippen molar-refractivity contribution in [2.75, 3.05) is 13.1 Å². The summed E-state index contributed by atoms with van der Waals surface area (Å²) in [6.45, 7) is 1.34. The molecule has 0 aromatic heterocycles. The molecular formula is C14H14N2O3. The number of amides is 1. The first-order chi connectivity index (χ1) is 9.16.